The van der Waals surface area contributed by atoms with Crippen LogP contribution in [0, 0.1) is 16.8 Å². The highest BCUT2D eigenvalue weighted by Crippen LogP contribution is 2.17. The van der Waals surface area contributed by atoms with Crippen molar-refractivity contribution in [2.75, 3.05) is 18.5 Å². The number of aromatic nitrogens is 1. The monoisotopic (exact) mass is 292 g/mol. The molecule has 0 aliphatic carbocycles. The predicted molar refractivity (Wildman–Crippen MR) is 61.9 cm³/mol. The van der Waals surface area contributed by atoms with Gasteiger partial charge in [-0.15, -0.1) is 11.3 Å². The molecule has 4 heteroatoms. The first-order valence-corrected chi connectivity index (χ1v) is 5.41. The molecule has 1 rings (SSSR count). The van der Waals surface area contributed by atoms with Crippen molar-refractivity contribution in [3.8, 4) is 9.85 Å². The average molecular weight is 292 g/mol. The molecule has 12 heavy (non-hydrogen) atoms. The van der Waals surface area contributed by atoms with E-state index in [0.29, 0.717) is 0 Å². The Morgan fingerprint density at radius 3 is 3.00 bits per heavy atom. The number of hydrogen-bond acceptors (Lipinski definition) is 3. The molecular weight excluding hydrogens is 283 g/mol. The highest BCUT2D eigenvalue weighted by Gasteiger charge is 2.02. The molecule has 64 valence electrons. The molecule has 0 saturated heterocycles. The number of anilines is 1. The fraction of sp³-hybridized carbons (Fsp3) is 0.375. The van der Waals surface area contributed by atoms with Crippen LogP contribution in [0.15, 0.2) is 5.38 Å². The van der Waals surface area contributed by atoms with Crippen molar-refractivity contribution in [1.82, 2.24) is 4.98 Å². The minimum atomic E-state index is 0.746. The van der Waals surface area contributed by atoms with E-state index in [9.17, 15) is 0 Å². The Morgan fingerprint density at radius 1 is 1.75 bits per heavy atom. The summed E-state index contributed by atoms with van der Waals surface area (Å²) in [6.07, 6.45) is 0. The third kappa shape index (κ3) is 2.64. The predicted octanol–water partition coefficient (Wildman–Crippen LogP) is 2.28. The number of halogens is 1. The highest BCUT2D eigenvalue weighted by atomic mass is 127. The zero-order valence-corrected chi connectivity index (χ0v) is 9.94. The Morgan fingerprint density at radius 2 is 2.50 bits per heavy atom. The summed E-state index contributed by atoms with van der Waals surface area (Å²) in [5.41, 5.74) is 1.07. The SMILES string of the molecule is Cc1csc(N(C)CC#CI)n1. The molecule has 0 fully saturated rings. The molecule has 1 aromatic heterocycles. The van der Waals surface area contributed by atoms with E-state index in [1.807, 2.05) is 46.8 Å². The van der Waals surface area contributed by atoms with Gasteiger partial charge in [0.25, 0.3) is 0 Å². The molecule has 0 aliphatic heterocycles. The lowest BCUT2D eigenvalue weighted by Crippen LogP contribution is -2.16. The number of nitrogens with zero attached hydrogens (tertiary/aromatic N) is 2. The molecule has 0 aliphatic rings. The Kier molecular flexibility index (Phi) is 3.82. The second-order valence-corrected chi connectivity index (χ2v) is 3.77. The van der Waals surface area contributed by atoms with E-state index in [-0.39, 0.29) is 0 Å². The third-order valence-electron chi connectivity index (χ3n) is 1.32. The van der Waals surface area contributed by atoms with Crippen LogP contribution in [-0.4, -0.2) is 18.6 Å². The van der Waals surface area contributed by atoms with Gasteiger partial charge in [-0.25, -0.2) is 4.98 Å². The fourth-order valence-electron chi connectivity index (χ4n) is 0.733. The van der Waals surface area contributed by atoms with Crippen LogP contribution in [-0.2, 0) is 0 Å². The van der Waals surface area contributed by atoms with Crippen molar-refractivity contribution in [1.29, 1.82) is 0 Å². The quantitative estimate of drug-likeness (QED) is 0.614. The molecule has 0 unspecified atom stereocenters. The van der Waals surface area contributed by atoms with Crippen LogP contribution < -0.4 is 4.90 Å². The topological polar surface area (TPSA) is 16.1 Å². The summed E-state index contributed by atoms with van der Waals surface area (Å²) in [6, 6.07) is 0. The van der Waals surface area contributed by atoms with Gasteiger partial charge >= 0.3 is 0 Å². The molecule has 0 spiro atoms. The Bertz CT molecular complexity index is 310. The Hall–Kier alpha value is -0.280. The molecule has 1 heterocycles. The average Bonchev–Trinajstić information content (AvgIpc) is 2.47. The molecule has 2 nitrogen and oxygen atoms in total. The van der Waals surface area contributed by atoms with Gasteiger partial charge in [-0.1, -0.05) is 5.92 Å². The summed E-state index contributed by atoms with van der Waals surface area (Å²) >= 11 is 3.69. The highest BCUT2D eigenvalue weighted by molar-refractivity contribution is 14.1. The van der Waals surface area contributed by atoms with Crippen LogP contribution >= 0.6 is 33.9 Å². The van der Waals surface area contributed by atoms with E-state index < -0.39 is 0 Å². The maximum atomic E-state index is 4.34. The molecule has 0 N–H and O–H groups in total. The van der Waals surface area contributed by atoms with Gasteiger partial charge in [0.2, 0.25) is 0 Å². The molecule has 0 bridgehead atoms. The van der Waals surface area contributed by atoms with Gasteiger partial charge in [-0.2, -0.15) is 0 Å². The molecule has 0 aromatic carbocycles. The van der Waals surface area contributed by atoms with Gasteiger partial charge in [-0.3, -0.25) is 0 Å². The number of rotatable bonds is 2. The van der Waals surface area contributed by atoms with Crippen LogP contribution in [0.3, 0.4) is 0 Å². The minimum absolute atomic E-state index is 0.746. The molecule has 0 amide bonds. The van der Waals surface area contributed by atoms with Crippen molar-refractivity contribution < 1.29 is 0 Å². The van der Waals surface area contributed by atoms with Crippen LogP contribution in [0.5, 0.6) is 0 Å². The van der Waals surface area contributed by atoms with E-state index in [1.165, 1.54) is 0 Å². The lowest BCUT2D eigenvalue weighted by atomic mass is 10.6. The maximum absolute atomic E-state index is 4.34. The van der Waals surface area contributed by atoms with E-state index in [4.69, 9.17) is 0 Å². The second-order valence-electron chi connectivity index (χ2n) is 2.40. The van der Waals surface area contributed by atoms with Crippen molar-refractivity contribution in [2.45, 2.75) is 6.92 Å². The van der Waals surface area contributed by atoms with Crippen molar-refractivity contribution in [2.24, 2.45) is 0 Å². The first kappa shape index (κ1) is 9.81. The summed E-state index contributed by atoms with van der Waals surface area (Å²) in [4.78, 5) is 6.38. The van der Waals surface area contributed by atoms with Crippen LogP contribution in [0.25, 0.3) is 0 Å². The van der Waals surface area contributed by atoms with E-state index in [0.717, 1.165) is 17.4 Å². The molecular formula is C8H9IN2S. The molecule has 0 radical (unpaired) electrons. The Balaban J connectivity index is 2.62. The summed E-state index contributed by atoms with van der Waals surface area (Å²) < 4.78 is 2.83. The summed E-state index contributed by atoms with van der Waals surface area (Å²) in [5.74, 6) is 2.99. The number of thiazole rings is 1. The molecule has 0 saturated carbocycles. The van der Waals surface area contributed by atoms with Crippen molar-refractivity contribution >= 4 is 39.1 Å². The lowest BCUT2D eigenvalue weighted by Gasteiger charge is -2.10. The normalized spacial score (nSPS) is 8.92. The summed E-state index contributed by atoms with van der Waals surface area (Å²) in [7, 11) is 2.00. The zero-order valence-electron chi connectivity index (χ0n) is 6.97. The van der Waals surface area contributed by atoms with Crippen LogP contribution in [0.1, 0.15) is 5.69 Å². The van der Waals surface area contributed by atoms with Gasteiger partial charge in [0.15, 0.2) is 5.13 Å². The van der Waals surface area contributed by atoms with Gasteiger partial charge < -0.3 is 4.90 Å². The fourth-order valence-corrected chi connectivity index (χ4v) is 1.67. The van der Waals surface area contributed by atoms with E-state index in [2.05, 4.69) is 14.8 Å². The molecule has 1 aromatic rings. The third-order valence-corrected chi connectivity index (χ3v) is 2.77. The first-order chi connectivity index (χ1) is 5.74. The number of hydrogen-bond donors (Lipinski definition) is 0. The largest absolute Gasteiger partial charge is 0.340 e. The van der Waals surface area contributed by atoms with Crippen LogP contribution in [0.4, 0.5) is 5.13 Å². The Labute approximate surface area is 90.1 Å². The van der Waals surface area contributed by atoms with Crippen LogP contribution in [0.2, 0.25) is 0 Å². The zero-order chi connectivity index (χ0) is 8.97. The van der Waals surface area contributed by atoms with Gasteiger partial charge in [0, 0.05) is 35.0 Å². The summed E-state index contributed by atoms with van der Waals surface area (Å²) in [5, 5.41) is 3.08. The van der Waals surface area contributed by atoms with Gasteiger partial charge in [-0.05, 0) is 10.9 Å². The molecule has 0 atom stereocenters. The standard InChI is InChI=1S/C8H9IN2S/c1-7-6-12-8(10-7)11(2)5-3-4-9/h6H,5H2,1-2H3. The summed E-state index contributed by atoms with van der Waals surface area (Å²) in [6.45, 7) is 2.74. The van der Waals surface area contributed by atoms with Crippen molar-refractivity contribution in [3.05, 3.63) is 11.1 Å². The second kappa shape index (κ2) is 4.67. The first-order valence-electron chi connectivity index (χ1n) is 3.46. The van der Waals surface area contributed by atoms with Gasteiger partial charge in [0.05, 0.1) is 12.2 Å². The minimum Gasteiger partial charge on any atom is -0.340 e. The number of aryl methyl sites for hydroxylation is 1. The van der Waals surface area contributed by atoms with E-state index in [1.54, 1.807) is 11.3 Å². The smallest absolute Gasteiger partial charge is 0.186 e. The van der Waals surface area contributed by atoms with Crippen molar-refractivity contribution in [3.63, 3.8) is 0 Å². The van der Waals surface area contributed by atoms with Gasteiger partial charge in [0.1, 0.15) is 0 Å². The maximum Gasteiger partial charge on any atom is 0.186 e. The van der Waals surface area contributed by atoms with E-state index >= 15 is 0 Å². The lowest BCUT2D eigenvalue weighted by molar-refractivity contribution is 1.02.